The van der Waals surface area contributed by atoms with Gasteiger partial charge in [-0.2, -0.15) is 0 Å². The summed E-state index contributed by atoms with van der Waals surface area (Å²) in [6, 6.07) is 1.63. The van der Waals surface area contributed by atoms with Crippen LogP contribution in [0.4, 0.5) is 0 Å². The number of aliphatic carboxylic acids is 1. The van der Waals surface area contributed by atoms with Crippen molar-refractivity contribution in [3.63, 3.8) is 0 Å². The maximum atomic E-state index is 12.1. The number of hydrogen-bond donors (Lipinski definition) is 2. The summed E-state index contributed by atoms with van der Waals surface area (Å²) in [4.78, 5) is 27.3. The Morgan fingerprint density at radius 3 is 2.81 bits per heavy atom. The quantitative estimate of drug-likeness (QED) is 0.869. The first-order valence-electron chi connectivity index (χ1n) is 6.61. The highest BCUT2D eigenvalue weighted by Crippen LogP contribution is 2.21. The fourth-order valence-electron chi connectivity index (χ4n) is 1.80. The summed E-state index contributed by atoms with van der Waals surface area (Å²) < 4.78 is 4.98. The molecular weight excluding hydrogens is 274 g/mol. The molecule has 0 radical (unpaired) electrons. The molecule has 0 saturated heterocycles. The standard InChI is InChI=1S/C14H17N3O4/c1-4-14(3,13(19)20)7-16-11(18)9-5-10-8(2)17-21-12(10)15-6-9/h5-6H,4,7H2,1-3H3,(H,16,18)(H,19,20). The van der Waals surface area contributed by atoms with E-state index < -0.39 is 11.4 Å². The monoisotopic (exact) mass is 291 g/mol. The maximum Gasteiger partial charge on any atom is 0.311 e. The molecule has 112 valence electrons. The van der Waals surface area contributed by atoms with E-state index in [1.54, 1.807) is 26.8 Å². The van der Waals surface area contributed by atoms with Crippen LogP contribution < -0.4 is 5.32 Å². The minimum atomic E-state index is -0.986. The molecule has 0 bridgehead atoms. The van der Waals surface area contributed by atoms with E-state index in [4.69, 9.17) is 4.52 Å². The molecule has 7 nitrogen and oxygen atoms in total. The number of pyridine rings is 1. The SMILES string of the molecule is CCC(C)(CNC(=O)c1cnc2onc(C)c2c1)C(=O)O. The van der Waals surface area contributed by atoms with Gasteiger partial charge in [-0.25, -0.2) is 4.98 Å². The molecular formula is C14H17N3O4. The zero-order valence-corrected chi connectivity index (χ0v) is 12.1. The van der Waals surface area contributed by atoms with E-state index in [1.807, 2.05) is 0 Å². The number of aryl methyl sites for hydroxylation is 1. The summed E-state index contributed by atoms with van der Waals surface area (Å²) in [5.41, 5.74) is 0.377. The summed E-state index contributed by atoms with van der Waals surface area (Å²) in [5, 5.41) is 16.3. The summed E-state index contributed by atoms with van der Waals surface area (Å²) in [7, 11) is 0. The molecule has 21 heavy (non-hydrogen) atoms. The molecule has 0 aliphatic rings. The first-order valence-corrected chi connectivity index (χ1v) is 6.61. The molecule has 0 spiro atoms. The van der Waals surface area contributed by atoms with Crippen molar-refractivity contribution >= 4 is 23.0 Å². The van der Waals surface area contributed by atoms with Crippen LogP contribution in [-0.2, 0) is 4.79 Å². The molecule has 1 amide bonds. The van der Waals surface area contributed by atoms with Crippen LogP contribution in [0.3, 0.4) is 0 Å². The zero-order chi connectivity index (χ0) is 15.6. The Morgan fingerprint density at radius 1 is 1.48 bits per heavy atom. The van der Waals surface area contributed by atoms with Crippen molar-refractivity contribution in [2.75, 3.05) is 6.54 Å². The highest BCUT2D eigenvalue weighted by Gasteiger charge is 2.31. The van der Waals surface area contributed by atoms with Gasteiger partial charge in [-0.1, -0.05) is 12.1 Å². The van der Waals surface area contributed by atoms with E-state index in [1.165, 1.54) is 6.20 Å². The lowest BCUT2D eigenvalue weighted by Crippen LogP contribution is -2.40. The second-order valence-corrected chi connectivity index (χ2v) is 5.25. The number of carbonyl (C=O) groups excluding carboxylic acids is 1. The number of carbonyl (C=O) groups is 2. The smallest absolute Gasteiger partial charge is 0.311 e. The summed E-state index contributed by atoms with van der Waals surface area (Å²) >= 11 is 0. The Bertz CT molecular complexity index is 695. The van der Waals surface area contributed by atoms with Crippen molar-refractivity contribution < 1.29 is 19.2 Å². The first kappa shape index (κ1) is 15.0. The fourth-order valence-corrected chi connectivity index (χ4v) is 1.80. The normalized spacial score (nSPS) is 13.9. The molecule has 2 N–H and O–H groups in total. The minimum absolute atomic E-state index is 0.0539. The van der Waals surface area contributed by atoms with Gasteiger partial charge in [0.25, 0.3) is 11.6 Å². The molecule has 0 aromatic carbocycles. The van der Waals surface area contributed by atoms with Gasteiger partial charge in [0, 0.05) is 12.7 Å². The highest BCUT2D eigenvalue weighted by molar-refractivity contribution is 5.97. The van der Waals surface area contributed by atoms with Crippen LogP contribution in [0.1, 0.15) is 36.3 Å². The number of carboxylic acids is 1. The van der Waals surface area contributed by atoms with Gasteiger partial charge in [0.15, 0.2) is 0 Å². The van der Waals surface area contributed by atoms with Crippen LogP contribution in [0.15, 0.2) is 16.8 Å². The lowest BCUT2D eigenvalue weighted by molar-refractivity contribution is -0.147. The third-order valence-electron chi connectivity index (χ3n) is 3.71. The van der Waals surface area contributed by atoms with Crippen LogP contribution in [0.25, 0.3) is 11.1 Å². The summed E-state index contributed by atoms with van der Waals surface area (Å²) in [6.07, 6.45) is 1.80. The highest BCUT2D eigenvalue weighted by atomic mass is 16.5. The lowest BCUT2D eigenvalue weighted by Gasteiger charge is -2.23. The minimum Gasteiger partial charge on any atom is -0.481 e. The van der Waals surface area contributed by atoms with Crippen LogP contribution in [0.2, 0.25) is 0 Å². The topological polar surface area (TPSA) is 105 Å². The molecule has 2 heterocycles. The van der Waals surface area contributed by atoms with Gasteiger partial charge in [0.2, 0.25) is 0 Å². The van der Waals surface area contributed by atoms with E-state index in [0.29, 0.717) is 28.8 Å². The third kappa shape index (κ3) is 2.86. The number of fused-ring (bicyclic) bond motifs is 1. The summed E-state index contributed by atoms with van der Waals surface area (Å²) in [5.74, 6) is -1.31. The van der Waals surface area contributed by atoms with E-state index in [2.05, 4.69) is 15.5 Å². The van der Waals surface area contributed by atoms with Crippen molar-refractivity contribution in [1.82, 2.24) is 15.5 Å². The predicted molar refractivity (Wildman–Crippen MR) is 74.9 cm³/mol. The molecule has 1 atom stereocenters. The van der Waals surface area contributed by atoms with Gasteiger partial charge >= 0.3 is 5.97 Å². The van der Waals surface area contributed by atoms with Crippen molar-refractivity contribution in [2.45, 2.75) is 27.2 Å². The molecule has 0 aliphatic heterocycles. The molecule has 2 aromatic heterocycles. The van der Waals surface area contributed by atoms with Crippen LogP contribution in [0.5, 0.6) is 0 Å². The lowest BCUT2D eigenvalue weighted by atomic mass is 9.87. The number of hydrogen-bond acceptors (Lipinski definition) is 5. The first-order chi connectivity index (χ1) is 9.87. The zero-order valence-electron chi connectivity index (χ0n) is 12.1. The Kier molecular flexibility index (Phi) is 3.93. The number of carboxylic acid groups (broad SMARTS) is 1. The van der Waals surface area contributed by atoms with E-state index >= 15 is 0 Å². The largest absolute Gasteiger partial charge is 0.481 e. The molecule has 2 aromatic rings. The summed E-state index contributed by atoms with van der Waals surface area (Å²) in [6.45, 7) is 5.18. The number of rotatable bonds is 5. The molecule has 0 fully saturated rings. The van der Waals surface area contributed by atoms with Gasteiger partial charge in [0.05, 0.1) is 22.1 Å². The van der Waals surface area contributed by atoms with Gasteiger partial charge < -0.3 is 14.9 Å². The van der Waals surface area contributed by atoms with E-state index in [-0.39, 0.29) is 12.5 Å². The maximum absolute atomic E-state index is 12.1. The Morgan fingerprint density at radius 2 is 2.19 bits per heavy atom. The van der Waals surface area contributed by atoms with Gasteiger partial charge in [-0.15, -0.1) is 0 Å². The average molecular weight is 291 g/mol. The Balaban J connectivity index is 2.15. The Labute approximate surface area is 121 Å². The van der Waals surface area contributed by atoms with Crippen LogP contribution >= 0.6 is 0 Å². The Hall–Kier alpha value is -2.44. The third-order valence-corrected chi connectivity index (χ3v) is 3.71. The number of aromatic nitrogens is 2. The van der Waals surface area contributed by atoms with Crippen molar-refractivity contribution in [3.8, 4) is 0 Å². The van der Waals surface area contributed by atoms with Gasteiger partial charge in [-0.05, 0) is 26.3 Å². The second-order valence-electron chi connectivity index (χ2n) is 5.25. The fraction of sp³-hybridized carbons (Fsp3) is 0.429. The second kappa shape index (κ2) is 5.51. The van der Waals surface area contributed by atoms with Crippen molar-refractivity contribution in [3.05, 3.63) is 23.5 Å². The van der Waals surface area contributed by atoms with Crippen LogP contribution in [-0.4, -0.2) is 33.7 Å². The molecule has 7 heteroatoms. The molecule has 1 unspecified atom stereocenters. The van der Waals surface area contributed by atoms with Crippen molar-refractivity contribution in [2.24, 2.45) is 5.41 Å². The average Bonchev–Trinajstić information content (AvgIpc) is 2.85. The van der Waals surface area contributed by atoms with Gasteiger partial charge in [-0.3, -0.25) is 9.59 Å². The van der Waals surface area contributed by atoms with Gasteiger partial charge in [0.1, 0.15) is 0 Å². The molecule has 0 aliphatic carbocycles. The molecule has 2 rings (SSSR count). The van der Waals surface area contributed by atoms with E-state index in [9.17, 15) is 14.7 Å². The van der Waals surface area contributed by atoms with E-state index in [0.717, 1.165) is 0 Å². The van der Waals surface area contributed by atoms with Crippen molar-refractivity contribution in [1.29, 1.82) is 0 Å². The predicted octanol–water partition coefficient (Wildman–Crippen LogP) is 1.76. The molecule has 0 saturated carbocycles. The number of nitrogens with one attached hydrogen (secondary N) is 1. The number of nitrogens with zero attached hydrogens (tertiary/aromatic N) is 2. The van der Waals surface area contributed by atoms with Crippen LogP contribution in [0, 0.1) is 12.3 Å². The number of amides is 1.